The molecule has 3 heterocycles. The maximum Gasteiger partial charge on any atom is 0.284 e. The third kappa shape index (κ3) is 12.9. The van der Waals surface area contributed by atoms with Crippen LogP contribution in [0.25, 0.3) is 0 Å². The maximum atomic E-state index is 9.99. The third-order valence-electron chi connectivity index (χ3n) is 1.96. The molecule has 0 spiro atoms. The minimum Gasteiger partial charge on any atom is -0.468 e. The molecule has 0 atom stereocenters. The van der Waals surface area contributed by atoms with Gasteiger partial charge in [-0.15, -0.1) is 0 Å². The first-order valence-corrected chi connectivity index (χ1v) is 5.77. The summed E-state index contributed by atoms with van der Waals surface area (Å²) < 4.78 is 31.5. The van der Waals surface area contributed by atoms with Crippen molar-refractivity contribution < 1.29 is 37.3 Å². The van der Waals surface area contributed by atoms with E-state index in [0.717, 1.165) is 0 Å². The van der Waals surface area contributed by atoms with Crippen molar-refractivity contribution in [3.63, 3.8) is 0 Å². The molecule has 0 unspecified atom stereocenters. The van der Waals surface area contributed by atoms with Crippen molar-refractivity contribution in [3.8, 4) is 5.95 Å². The molecular weight excluding hydrogens is 338 g/mol. The average Bonchev–Trinajstić information content (AvgIpc) is 3.41. The number of furan rings is 2. The Labute approximate surface area is 147 Å². The molecule has 6 nitrogen and oxygen atoms in total. The minimum absolute atomic E-state index is 0. The lowest BCUT2D eigenvalue weighted by Gasteiger charge is -1.87. The molecule has 0 saturated carbocycles. The Balaban J connectivity index is -0.000000130. The second-order valence-corrected chi connectivity index (χ2v) is 3.34. The summed E-state index contributed by atoms with van der Waals surface area (Å²) in [6.07, 6.45) is 10.3. The molecule has 1 aliphatic rings. The van der Waals surface area contributed by atoms with Crippen molar-refractivity contribution in [1.82, 2.24) is 0 Å². The first-order chi connectivity index (χ1) is 11.3. The van der Waals surface area contributed by atoms with Gasteiger partial charge >= 0.3 is 0 Å². The predicted octanol–water partition coefficient (Wildman–Crippen LogP) is 4.62. The number of aldehydes is 2. The first-order valence-electron chi connectivity index (χ1n) is 6.15. The Morgan fingerprint density at radius 3 is 2.04 bits per heavy atom. The van der Waals surface area contributed by atoms with Crippen LogP contribution in [0.2, 0.25) is 0 Å². The Morgan fingerprint density at radius 1 is 1.12 bits per heavy atom. The van der Waals surface area contributed by atoms with Gasteiger partial charge in [0, 0.05) is 6.07 Å². The molecule has 0 aliphatic carbocycles. The molecule has 0 fully saturated rings. The summed E-state index contributed by atoms with van der Waals surface area (Å²) in [5.74, 6) is 1.02. The number of rotatable bonds is 3. The van der Waals surface area contributed by atoms with Crippen LogP contribution in [0.4, 0.5) is 9.42 Å². The lowest BCUT2D eigenvalue weighted by Crippen LogP contribution is -1.76. The van der Waals surface area contributed by atoms with Crippen molar-refractivity contribution in [2.24, 2.45) is 0 Å². The van der Waals surface area contributed by atoms with Gasteiger partial charge < -0.3 is 13.6 Å². The van der Waals surface area contributed by atoms with E-state index in [4.69, 9.17) is 9.13 Å². The molecule has 0 radical (unpaired) electrons. The number of allylic oxidation sites excluding steroid dienone is 2. The summed E-state index contributed by atoms with van der Waals surface area (Å²) in [7, 11) is 1.48. The molecule has 25 heavy (non-hydrogen) atoms. The Hall–Kier alpha value is -3.25. The van der Waals surface area contributed by atoms with Gasteiger partial charge in [0.25, 0.3) is 13.7 Å². The zero-order valence-electron chi connectivity index (χ0n) is 13.0. The SMILES string of the molecule is C.C.COc1ccc(C=O)o1.F.O=Cc1ccco1.[2H]F.[C+]1=CC=CO1. The average molecular weight is 362 g/mol. The van der Waals surface area contributed by atoms with Gasteiger partial charge in [0.1, 0.15) is 6.08 Å². The van der Waals surface area contributed by atoms with Crippen molar-refractivity contribution in [1.29, 1.82) is 1.45 Å². The summed E-state index contributed by atoms with van der Waals surface area (Å²) in [5.41, 5.74) is 0. The van der Waals surface area contributed by atoms with Crippen molar-refractivity contribution in [2.45, 2.75) is 14.9 Å². The molecule has 140 valence electrons. The quantitative estimate of drug-likeness (QED) is 0.586. The molecule has 1 aliphatic heterocycles. The van der Waals surface area contributed by atoms with Gasteiger partial charge in [0.15, 0.2) is 30.2 Å². The van der Waals surface area contributed by atoms with Gasteiger partial charge in [-0.2, -0.15) is 0 Å². The van der Waals surface area contributed by atoms with E-state index in [1.165, 1.54) is 13.4 Å². The van der Waals surface area contributed by atoms with E-state index in [0.29, 0.717) is 24.3 Å². The van der Waals surface area contributed by atoms with E-state index in [2.05, 4.69) is 21.6 Å². The van der Waals surface area contributed by atoms with E-state index < -0.39 is 0 Å². The van der Waals surface area contributed by atoms with Gasteiger partial charge in [-0.25, -0.2) is 0 Å². The maximum absolute atomic E-state index is 9.99. The number of halogens is 2. The van der Waals surface area contributed by atoms with Gasteiger partial charge in [0.2, 0.25) is 6.26 Å². The molecular formula is C17H23F2O6+. The summed E-state index contributed by atoms with van der Waals surface area (Å²) >= 11 is 0. The lowest BCUT2D eigenvalue weighted by molar-refractivity contribution is 0.109. The van der Waals surface area contributed by atoms with Gasteiger partial charge in [0.05, 0.1) is 13.4 Å². The van der Waals surface area contributed by atoms with Gasteiger partial charge in [-0.05, 0) is 18.2 Å². The molecule has 2 aromatic rings. The third-order valence-corrected chi connectivity index (χ3v) is 1.96. The summed E-state index contributed by atoms with van der Waals surface area (Å²) in [5, 5.41) is 0. The number of hydrogen-bond acceptors (Lipinski definition) is 6. The molecule has 0 amide bonds. The van der Waals surface area contributed by atoms with Gasteiger partial charge in [-0.3, -0.25) is 23.7 Å². The second-order valence-electron chi connectivity index (χ2n) is 3.34. The summed E-state index contributed by atoms with van der Waals surface area (Å²) in [4.78, 5) is 19.8. The normalized spacial score (nSPS) is 8.80. The number of carbonyl (C=O) groups is 2. The molecule has 0 aromatic carbocycles. The van der Waals surface area contributed by atoms with Crippen molar-refractivity contribution in [3.05, 3.63) is 66.7 Å². The van der Waals surface area contributed by atoms with Crippen molar-refractivity contribution >= 4 is 12.6 Å². The highest BCUT2D eigenvalue weighted by atomic mass is 19.0. The number of ether oxygens (including phenoxy) is 2. The Bertz CT molecular complexity index is 584. The predicted molar refractivity (Wildman–Crippen MR) is 91.2 cm³/mol. The Kier molecular flexibility index (Phi) is 20.0. The van der Waals surface area contributed by atoms with E-state index in [1.54, 1.807) is 42.7 Å². The highest BCUT2D eigenvalue weighted by molar-refractivity contribution is 5.70. The smallest absolute Gasteiger partial charge is 0.284 e. The van der Waals surface area contributed by atoms with Crippen LogP contribution in [0, 0.1) is 6.26 Å². The van der Waals surface area contributed by atoms with Gasteiger partial charge in [-0.1, -0.05) is 14.9 Å². The zero-order chi connectivity index (χ0) is 17.3. The Morgan fingerprint density at radius 2 is 1.80 bits per heavy atom. The van der Waals surface area contributed by atoms with E-state index in [-0.39, 0.29) is 25.3 Å². The van der Waals surface area contributed by atoms with Crippen molar-refractivity contribution in [2.75, 3.05) is 7.11 Å². The first kappa shape index (κ1) is 26.6. The highest BCUT2D eigenvalue weighted by Gasteiger charge is 1.97. The molecule has 3 rings (SSSR count). The lowest BCUT2D eigenvalue weighted by atomic mass is 10.5. The molecule has 8 heteroatoms. The summed E-state index contributed by atoms with van der Waals surface area (Å²) in [6, 6.07) is 6.41. The fraction of sp³-hybridized carbons (Fsp3) is 0.176. The largest absolute Gasteiger partial charge is 0.468 e. The van der Waals surface area contributed by atoms with Crippen LogP contribution in [0.5, 0.6) is 5.95 Å². The van der Waals surface area contributed by atoms with E-state index in [1.807, 2.05) is 0 Å². The number of carbonyl (C=O) groups excluding carboxylic acids is 2. The van der Waals surface area contributed by atoms with Crippen LogP contribution in [-0.4, -0.2) is 21.1 Å². The number of methoxy groups -OCH3 is 1. The number of hydrogen-bond donors (Lipinski definition) is 0. The van der Waals surface area contributed by atoms with Crippen LogP contribution in [-0.2, 0) is 4.74 Å². The van der Waals surface area contributed by atoms with Crippen LogP contribution in [0.3, 0.4) is 0 Å². The van der Waals surface area contributed by atoms with E-state index >= 15 is 0 Å². The standard InChI is InChI=1S/C6H6O3.C5H4O2.C4H3O.2CH4.2FH/c1-8-6-3-2-5(4-7)9-6;6-4-5-2-1-3-7-5;1-2-4-5-3-1;;;;/h2-4H,1H3;1-4H;1-3H;2*1H4;2*1H/q;;+1;;;;/i/hD. The molecule has 2 aromatic heterocycles. The van der Waals surface area contributed by atoms with Crippen LogP contribution >= 0.6 is 0 Å². The fourth-order valence-electron chi connectivity index (χ4n) is 1.06. The second kappa shape index (κ2) is 18.8. The monoisotopic (exact) mass is 362 g/mol. The minimum atomic E-state index is 0. The van der Waals surface area contributed by atoms with E-state index in [9.17, 15) is 9.59 Å². The molecule has 0 N–H and O–H groups in total. The highest BCUT2D eigenvalue weighted by Crippen LogP contribution is 2.12. The molecule has 0 bridgehead atoms. The van der Waals surface area contributed by atoms with Crippen LogP contribution in [0.1, 0.15) is 36.0 Å². The van der Waals surface area contributed by atoms with Crippen LogP contribution < -0.4 is 4.74 Å². The van der Waals surface area contributed by atoms with Crippen LogP contribution in [0.15, 0.2) is 57.8 Å². The molecule has 0 saturated heterocycles. The summed E-state index contributed by atoms with van der Waals surface area (Å²) in [6.45, 7) is 0. The fourth-order valence-corrected chi connectivity index (χ4v) is 1.06. The zero-order valence-corrected chi connectivity index (χ0v) is 12.0. The topological polar surface area (TPSA) is 78.9 Å².